The minimum atomic E-state index is -0.405. The van der Waals surface area contributed by atoms with Gasteiger partial charge in [0.1, 0.15) is 23.0 Å². The fourth-order valence-electron chi connectivity index (χ4n) is 5.93. The number of carbonyl (C=O) groups excluding carboxylic acids is 1. The van der Waals surface area contributed by atoms with Crippen molar-refractivity contribution in [2.24, 2.45) is 0 Å². The van der Waals surface area contributed by atoms with Gasteiger partial charge in [0.05, 0.1) is 61.5 Å². The highest BCUT2D eigenvalue weighted by Crippen LogP contribution is 2.45. The van der Waals surface area contributed by atoms with Crippen molar-refractivity contribution in [3.63, 3.8) is 0 Å². The van der Waals surface area contributed by atoms with Crippen molar-refractivity contribution in [1.82, 2.24) is 24.4 Å². The van der Waals surface area contributed by atoms with E-state index in [1.165, 1.54) is 14.2 Å². The number of aromatic nitrogens is 4. The lowest BCUT2D eigenvalue weighted by atomic mass is 10.0. The molecule has 0 spiro atoms. The van der Waals surface area contributed by atoms with Crippen molar-refractivity contribution in [2.45, 2.75) is 13.0 Å². The number of benzene rings is 2. The Balaban J connectivity index is 1.41. The molecule has 0 aliphatic carbocycles. The van der Waals surface area contributed by atoms with Crippen molar-refractivity contribution < 1.29 is 19.0 Å². The van der Waals surface area contributed by atoms with Crippen molar-refractivity contribution >= 4 is 57.5 Å². The summed E-state index contributed by atoms with van der Waals surface area (Å²) < 4.78 is 18.0. The summed E-state index contributed by atoms with van der Waals surface area (Å²) in [7, 11) is 6.83. The van der Waals surface area contributed by atoms with Crippen LogP contribution in [0.1, 0.15) is 11.1 Å². The number of anilines is 3. The summed E-state index contributed by atoms with van der Waals surface area (Å²) in [6.07, 6.45) is 7.08. The van der Waals surface area contributed by atoms with E-state index < -0.39 is 5.56 Å². The van der Waals surface area contributed by atoms with Crippen LogP contribution < -0.4 is 25.2 Å². The van der Waals surface area contributed by atoms with Crippen molar-refractivity contribution in [3.05, 3.63) is 105 Å². The summed E-state index contributed by atoms with van der Waals surface area (Å²) in [6, 6.07) is 14.6. The smallest absolute Gasteiger partial charge is 0.260 e. The molecule has 5 aromatic rings. The predicted octanol–water partition coefficient (Wildman–Crippen LogP) is 6.04. The number of carbonyl (C=O) groups is 1. The molecule has 1 saturated heterocycles. The Hall–Kier alpha value is -5.01. The van der Waals surface area contributed by atoms with E-state index in [1.54, 1.807) is 35.2 Å². The van der Waals surface area contributed by atoms with E-state index in [1.807, 2.05) is 61.5 Å². The third kappa shape index (κ3) is 8.37. The lowest BCUT2D eigenvalue weighted by molar-refractivity contribution is -0.114. The zero-order chi connectivity index (χ0) is 36.8. The molecule has 1 aliphatic heterocycles. The van der Waals surface area contributed by atoms with Crippen LogP contribution in [0.4, 0.5) is 17.5 Å². The average Bonchev–Trinajstić information content (AvgIpc) is 3.14. The summed E-state index contributed by atoms with van der Waals surface area (Å²) in [5.41, 5.74) is 3.03. The minimum absolute atomic E-state index is 0.0186. The Morgan fingerprint density at radius 2 is 1.71 bits per heavy atom. The van der Waals surface area contributed by atoms with Gasteiger partial charge >= 0.3 is 0 Å². The molecule has 6 rings (SSSR count). The molecule has 0 bridgehead atoms. The molecule has 52 heavy (non-hydrogen) atoms. The number of nitrogens with zero attached hydrogens (tertiary/aromatic N) is 6. The Morgan fingerprint density at radius 1 is 0.981 bits per heavy atom. The van der Waals surface area contributed by atoms with Crippen LogP contribution in [0.2, 0.25) is 10.0 Å². The lowest BCUT2D eigenvalue weighted by Gasteiger charge is -2.28. The maximum absolute atomic E-state index is 14.6. The van der Waals surface area contributed by atoms with Gasteiger partial charge in [-0.05, 0) is 49.5 Å². The van der Waals surface area contributed by atoms with Gasteiger partial charge in [-0.15, -0.1) is 0 Å². The fraction of sp³-hybridized carbons (Fsp3) is 0.289. The summed E-state index contributed by atoms with van der Waals surface area (Å²) in [6.45, 7) is 3.74. The van der Waals surface area contributed by atoms with E-state index in [-0.39, 0.29) is 45.9 Å². The third-order valence-corrected chi connectivity index (χ3v) is 9.27. The van der Waals surface area contributed by atoms with E-state index in [9.17, 15) is 9.59 Å². The average molecular weight is 745 g/mol. The van der Waals surface area contributed by atoms with Gasteiger partial charge in [0.15, 0.2) is 5.78 Å². The highest BCUT2D eigenvalue weighted by atomic mass is 35.5. The van der Waals surface area contributed by atoms with Crippen molar-refractivity contribution in [2.75, 3.05) is 71.4 Å². The minimum Gasteiger partial charge on any atom is -0.495 e. The molecule has 1 aliphatic rings. The van der Waals surface area contributed by atoms with Gasteiger partial charge in [-0.1, -0.05) is 53.5 Å². The normalized spacial score (nSPS) is 13.2. The number of halogens is 2. The molecule has 3 aromatic heterocycles. The van der Waals surface area contributed by atoms with E-state index >= 15 is 0 Å². The maximum Gasteiger partial charge on any atom is 0.260 e. The first-order valence-electron chi connectivity index (χ1n) is 16.6. The van der Waals surface area contributed by atoms with Gasteiger partial charge in [0.25, 0.3) is 5.56 Å². The highest BCUT2D eigenvalue weighted by molar-refractivity contribution is 6.41. The number of hydrogen-bond donors (Lipinski definition) is 1. The monoisotopic (exact) mass is 743 g/mol. The number of hydrogen-bond acceptors (Lipinski definition) is 11. The van der Waals surface area contributed by atoms with Crippen LogP contribution in [0, 0.1) is 0 Å². The number of rotatable bonds is 13. The standard InChI is InChI=1S/C38H39Cl2N7O5/c1-45(2)12-6-9-28(48)18-24-7-5-8-25(17-24)23-47-36-26(19-29(37(47)49)33-34(39)30(50-3)20-31(51-4)35(33)40)21-42-38(44-36)43-32-11-10-27(22-41-32)46-13-15-52-16-14-46/h5-11,17,19-22H,12-16,18,23H2,1-4H3,(H,41,42,43,44)/b9-6+. The molecule has 2 aromatic carbocycles. The van der Waals surface area contributed by atoms with Gasteiger partial charge < -0.3 is 29.3 Å². The van der Waals surface area contributed by atoms with Gasteiger partial charge in [0, 0.05) is 49.3 Å². The molecule has 0 atom stereocenters. The maximum atomic E-state index is 14.6. The number of ketones is 1. The van der Waals surface area contributed by atoms with Crippen molar-refractivity contribution in [3.8, 4) is 22.6 Å². The van der Waals surface area contributed by atoms with Crippen LogP contribution in [-0.2, 0) is 22.5 Å². The van der Waals surface area contributed by atoms with E-state index in [0.717, 1.165) is 29.9 Å². The first-order chi connectivity index (χ1) is 25.1. The van der Waals surface area contributed by atoms with Crippen LogP contribution >= 0.6 is 23.2 Å². The second-order valence-corrected chi connectivity index (χ2v) is 13.2. The second-order valence-electron chi connectivity index (χ2n) is 12.5. The van der Waals surface area contributed by atoms with Gasteiger partial charge in [0.2, 0.25) is 5.95 Å². The summed E-state index contributed by atoms with van der Waals surface area (Å²) in [4.78, 5) is 45.4. The SMILES string of the molecule is COc1cc(OC)c(Cl)c(-c2cc3cnc(Nc4ccc(N5CCOCC5)cn4)nc3n(Cc3cccc(CC(=O)/C=C/CN(C)C)c3)c2=O)c1Cl. The van der Waals surface area contributed by atoms with Crippen LogP contribution in [0.25, 0.3) is 22.2 Å². The van der Waals surface area contributed by atoms with Gasteiger partial charge in [-0.25, -0.2) is 9.97 Å². The molecule has 270 valence electrons. The molecular weight excluding hydrogens is 705 g/mol. The number of methoxy groups -OCH3 is 2. The summed E-state index contributed by atoms with van der Waals surface area (Å²) in [5, 5.41) is 4.04. The van der Waals surface area contributed by atoms with Crippen LogP contribution in [0.5, 0.6) is 11.5 Å². The Labute approximate surface area is 311 Å². The second kappa shape index (κ2) is 16.6. The molecule has 0 amide bonds. The number of fused-ring (bicyclic) bond motifs is 1. The van der Waals surface area contributed by atoms with E-state index in [2.05, 4.69) is 20.2 Å². The number of morpholine rings is 1. The van der Waals surface area contributed by atoms with Crippen LogP contribution in [-0.4, -0.2) is 91.4 Å². The first kappa shape index (κ1) is 36.8. The number of allylic oxidation sites excluding steroid dienone is 1. The molecule has 0 saturated carbocycles. The molecule has 1 N–H and O–H groups in total. The molecule has 0 radical (unpaired) electrons. The molecule has 4 heterocycles. The number of nitrogens with one attached hydrogen (secondary N) is 1. The molecule has 0 unspecified atom stereocenters. The molecule has 14 heteroatoms. The Kier molecular flexibility index (Phi) is 11.7. The quantitative estimate of drug-likeness (QED) is 0.142. The topological polar surface area (TPSA) is 124 Å². The predicted molar refractivity (Wildman–Crippen MR) is 205 cm³/mol. The first-order valence-corrected chi connectivity index (χ1v) is 17.4. The molecule has 1 fully saturated rings. The zero-order valence-corrected chi connectivity index (χ0v) is 30.9. The van der Waals surface area contributed by atoms with Gasteiger partial charge in [-0.2, -0.15) is 4.98 Å². The summed E-state index contributed by atoms with van der Waals surface area (Å²) in [5.74, 6) is 1.37. The highest BCUT2D eigenvalue weighted by Gasteiger charge is 2.24. The number of ether oxygens (including phenoxy) is 3. The largest absolute Gasteiger partial charge is 0.495 e. The number of pyridine rings is 2. The molecular formula is C38H39Cl2N7O5. The fourth-order valence-corrected chi connectivity index (χ4v) is 6.63. The Morgan fingerprint density at radius 3 is 2.38 bits per heavy atom. The van der Waals surface area contributed by atoms with Crippen LogP contribution in [0.3, 0.4) is 0 Å². The van der Waals surface area contributed by atoms with Crippen LogP contribution in [0.15, 0.2) is 77.9 Å². The van der Waals surface area contributed by atoms with E-state index in [0.29, 0.717) is 48.1 Å². The Bertz CT molecular complexity index is 2140. The third-order valence-electron chi connectivity index (χ3n) is 8.52. The molecule has 12 nitrogen and oxygen atoms in total. The lowest BCUT2D eigenvalue weighted by Crippen LogP contribution is -2.36. The van der Waals surface area contributed by atoms with Gasteiger partial charge in [-0.3, -0.25) is 14.2 Å². The van der Waals surface area contributed by atoms with Crippen molar-refractivity contribution in [1.29, 1.82) is 0 Å². The zero-order valence-electron chi connectivity index (χ0n) is 29.4. The number of likely N-dealkylation sites (N-methyl/N-ethyl adjacent to an activating group) is 1. The van der Waals surface area contributed by atoms with E-state index in [4.69, 9.17) is 42.4 Å². The summed E-state index contributed by atoms with van der Waals surface area (Å²) >= 11 is 13.6.